The number of benzene rings is 1. The molecule has 106 valence electrons. The Hall–Kier alpha value is -0.910. The fraction of sp³-hybridized carbons (Fsp3) is 0.267. The van der Waals surface area contributed by atoms with E-state index in [1.54, 1.807) is 12.4 Å². The third-order valence-electron chi connectivity index (χ3n) is 2.62. The number of aromatic nitrogens is 1. The van der Waals surface area contributed by atoms with Crippen LogP contribution < -0.4 is 10.1 Å². The van der Waals surface area contributed by atoms with Crippen LogP contribution in [-0.2, 0) is 6.54 Å². The third kappa shape index (κ3) is 4.58. The molecule has 0 aliphatic rings. The highest BCUT2D eigenvalue weighted by Crippen LogP contribution is 2.31. The minimum atomic E-state index is 0.470. The molecule has 1 aromatic heterocycles. The summed E-state index contributed by atoms with van der Waals surface area (Å²) in [5.41, 5.74) is 1.21. The van der Waals surface area contributed by atoms with Crippen LogP contribution in [0.15, 0.2) is 45.6 Å². The highest BCUT2D eigenvalue weighted by molar-refractivity contribution is 9.10. The van der Waals surface area contributed by atoms with Crippen LogP contribution in [0.3, 0.4) is 0 Å². The maximum Gasteiger partial charge on any atom is 0.146 e. The molecule has 0 aliphatic heterocycles. The van der Waals surface area contributed by atoms with E-state index in [1.165, 1.54) is 5.56 Å². The van der Waals surface area contributed by atoms with E-state index in [-0.39, 0.29) is 0 Å². The van der Waals surface area contributed by atoms with Crippen LogP contribution in [0.1, 0.15) is 19.4 Å². The highest BCUT2D eigenvalue weighted by atomic mass is 79.9. The molecule has 0 saturated carbocycles. The summed E-state index contributed by atoms with van der Waals surface area (Å²) in [6.07, 6.45) is 3.41. The maximum absolute atomic E-state index is 5.81. The average molecular weight is 400 g/mol. The van der Waals surface area contributed by atoms with Crippen molar-refractivity contribution < 1.29 is 4.74 Å². The second-order valence-electron chi connectivity index (χ2n) is 4.74. The molecule has 0 atom stereocenters. The van der Waals surface area contributed by atoms with Crippen LogP contribution in [0.5, 0.6) is 11.5 Å². The Bertz CT molecular complexity index is 588. The number of rotatable bonds is 5. The standard InChI is InChI=1S/C15H16Br2N2O/c1-10(2)19-7-11-3-4-15(14(17)5-11)20-13-6-12(16)8-18-9-13/h3-6,8-10,19H,7H2,1-2H3. The van der Waals surface area contributed by atoms with Gasteiger partial charge >= 0.3 is 0 Å². The molecule has 5 heteroatoms. The summed E-state index contributed by atoms with van der Waals surface area (Å²) in [7, 11) is 0. The number of halogens is 2. The van der Waals surface area contributed by atoms with E-state index in [0.717, 1.165) is 21.2 Å². The lowest BCUT2D eigenvalue weighted by molar-refractivity contribution is 0.476. The van der Waals surface area contributed by atoms with Crippen molar-refractivity contribution in [2.45, 2.75) is 26.4 Å². The molecule has 20 heavy (non-hydrogen) atoms. The van der Waals surface area contributed by atoms with Crippen LogP contribution in [0, 0.1) is 0 Å². The molecular formula is C15H16Br2N2O. The second-order valence-corrected chi connectivity index (χ2v) is 6.51. The molecule has 0 spiro atoms. The molecule has 0 saturated heterocycles. The Morgan fingerprint density at radius 2 is 2.00 bits per heavy atom. The van der Waals surface area contributed by atoms with Gasteiger partial charge in [-0.05, 0) is 55.6 Å². The molecule has 3 nitrogen and oxygen atoms in total. The van der Waals surface area contributed by atoms with Crippen molar-refractivity contribution in [3.63, 3.8) is 0 Å². The minimum absolute atomic E-state index is 0.470. The Balaban J connectivity index is 2.09. The van der Waals surface area contributed by atoms with Crippen LogP contribution in [0.2, 0.25) is 0 Å². The first-order valence-electron chi connectivity index (χ1n) is 6.35. The minimum Gasteiger partial charge on any atom is -0.455 e. The van der Waals surface area contributed by atoms with E-state index in [0.29, 0.717) is 11.8 Å². The van der Waals surface area contributed by atoms with Gasteiger partial charge in [-0.2, -0.15) is 0 Å². The van der Waals surface area contributed by atoms with Crippen LogP contribution >= 0.6 is 31.9 Å². The van der Waals surface area contributed by atoms with E-state index in [9.17, 15) is 0 Å². The van der Waals surface area contributed by atoms with Gasteiger partial charge in [0.25, 0.3) is 0 Å². The molecule has 0 bridgehead atoms. The molecule has 0 unspecified atom stereocenters. The predicted octanol–water partition coefficient (Wildman–Crippen LogP) is 4.90. The molecule has 1 N–H and O–H groups in total. The zero-order valence-corrected chi connectivity index (χ0v) is 14.5. The van der Waals surface area contributed by atoms with E-state index in [2.05, 4.69) is 68.1 Å². The largest absolute Gasteiger partial charge is 0.455 e. The number of nitrogens with zero attached hydrogens (tertiary/aromatic N) is 1. The summed E-state index contributed by atoms with van der Waals surface area (Å²) < 4.78 is 7.63. The van der Waals surface area contributed by atoms with E-state index < -0.39 is 0 Å². The first kappa shape index (κ1) is 15.5. The lowest BCUT2D eigenvalue weighted by atomic mass is 10.2. The summed E-state index contributed by atoms with van der Waals surface area (Å²) in [5, 5.41) is 3.39. The van der Waals surface area contributed by atoms with Crippen LogP contribution in [0.4, 0.5) is 0 Å². The number of ether oxygens (including phenoxy) is 1. The lowest BCUT2D eigenvalue weighted by Gasteiger charge is -2.11. The fourth-order valence-electron chi connectivity index (χ4n) is 1.63. The van der Waals surface area contributed by atoms with Crippen molar-refractivity contribution in [1.82, 2.24) is 10.3 Å². The number of hydrogen-bond acceptors (Lipinski definition) is 3. The van der Waals surface area contributed by atoms with Crippen LogP contribution in [0.25, 0.3) is 0 Å². The van der Waals surface area contributed by atoms with Crippen molar-refractivity contribution in [2.75, 3.05) is 0 Å². The molecule has 2 aromatic rings. The van der Waals surface area contributed by atoms with Gasteiger partial charge in [-0.25, -0.2) is 0 Å². The maximum atomic E-state index is 5.81. The topological polar surface area (TPSA) is 34.1 Å². The number of hydrogen-bond donors (Lipinski definition) is 1. The Labute approximate surface area is 136 Å². The summed E-state index contributed by atoms with van der Waals surface area (Å²) in [6, 6.07) is 8.44. The Kier molecular flexibility index (Phi) is 5.57. The van der Waals surface area contributed by atoms with Gasteiger partial charge in [0.15, 0.2) is 0 Å². The van der Waals surface area contributed by atoms with Gasteiger partial charge in [0.05, 0.1) is 10.7 Å². The monoisotopic (exact) mass is 398 g/mol. The van der Waals surface area contributed by atoms with Crippen molar-refractivity contribution in [2.24, 2.45) is 0 Å². The van der Waals surface area contributed by atoms with Gasteiger partial charge in [0.2, 0.25) is 0 Å². The van der Waals surface area contributed by atoms with E-state index >= 15 is 0 Å². The SMILES string of the molecule is CC(C)NCc1ccc(Oc2cncc(Br)c2)c(Br)c1. The Morgan fingerprint density at radius 1 is 1.20 bits per heavy atom. The first-order valence-corrected chi connectivity index (χ1v) is 7.93. The normalized spacial score (nSPS) is 10.8. The predicted molar refractivity (Wildman–Crippen MR) is 88.1 cm³/mol. The molecule has 1 heterocycles. The molecule has 0 radical (unpaired) electrons. The molecule has 0 amide bonds. The van der Waals surface area contributed by atoms with E-state index in [1.807, 2.05) is 12.1 Å². The van der Waals surface area contributed by atoms with Crippen molar-refractivity contribution in [3.8, 4) is 11.5 Å². The first-order chi connectivity index (χ1) is 9.54. The van der Waals surface area contributed by atoms with Gasteiger partial charge in [0, 0.05) is 23.3 Å². The smallest absolute Gasteiger partial charge is 0.146 e. The average Bonchev–Trinajstić information content (AvgIpc) is 2.39. The molecule has 1 aromatic carbocycles. The Morgan fingerprint density at radius 3 is 2.65 bits per heavy atom. The summed E-state index contributed by atoms with van der Waals surface area (Å²) in [5.74, 6) is 1.48. The quantitative estimate of drug-likeness (QED) is 0.776. The summed E-state index contributed by atoms with van der Waals surface area (Å²) in [4.78, 5) is 4.08. The lowest BCUT2D eigenvalue weighted by Crippen LogP contribution is -2.21. The summed E-state index contributed by atoms with van der Waals surface area (Å²) in [6.45, 7) is 5.11. The van der Waals surface area contributed by atoms with Gasteiger partial charge in [-0.1, -0.05) is 19.9 Å². The fourth-order valence-corrected chi connectivity index (χ4v) is 2.49. The molecule has 0 aliphatic carbocycles. The molecule has 2 rings (SSSR count). The number of nitrogens with one attached hydrogen (secondary N) is 1. The molecular weight excluding hydrogens is 384 g/mol. The highest BCUT2D eigenvalue weighted by Gasteiger charge is 2.05. The van der Waals surface area contributed by atoms with Gasteiger partial charge in [-0.15, -0.1) is 0 Å². The number of pyridine rings is 1. The zero-order valence-electron chi connectivity index (χ0n) is 11.4. The van der Waals surface area contributed by atoms with Crippen molar-refractivity contribution >= 4 is 31.9 Å². The van der Waals surface area contributed by atoms with E-state index in [4.69, 9.17) is 4.74 Å². The molecule has 0 fully saturated rings. The zero-order chi connectivity index (χ0) is 14.5. The summed E-state index contributed by atoms with van der Waals surface area (Å²) >= 11 is 6.92. The van der Waals surface area contributed by atoms with Gasteiger partial charge in [0.1, 0.15) is 11.5 Å². The van der Waals surface area contributed by atoms with Crippen molar-refractivity contribution in [3.05, 3.63) is 51.2 Å². The third-order valence-corrected chi connectivity index (χ3v) is 3.67. The van der Waals surface area contributed by atoms with Crippen molar-refractivity contribution in [1.29, 1.82) is 0 Å². The second kappa shape index (κ2) is 7.20. The van der Waals surface area contributed by atoms with Crippen LogP contribution in [-0.4, -0.2) is 11.0 Å². The van der Waals surface area contributed by atoms with Gasteiger partial charge in [-0.3, -0.25) is 4.98 Å². The van der Waals surface area contributed by atoms with Gasteiger partial charge < -0.3 is 10.1 Å².